The number of rotatable bonds is 1. The van der Waals surface area contributed by atoms with E-state index in [2.05, 4.69) is 20.8 Å². The summed E-state index contributed by atoms with van der Waals surface area (Å²) in [4.78, 5) is 0. The zero-order valence-electron chi connectivity index (χ0n) is 8.51. The van der Waals surface area contributed by atoms with Gasteiger partial charge >= 0.3 is 0 Å². The molecule has 0 aromatic heterocycles. The molecule has 0 spiro atoms. The molecule has 0 aliphatic heterocycles. The maximum Gasteiger partial charge on any atom is 0.0128 e. The van der Waals surface area contributed by atoms with Crippen molar-refractivity contribution in [1.29, 1.82) is 0 Å². The predicted molar refractivity (Wildman–Crippen MR) is 51.8 cm³/mol. The lowest BCUT2D eigenvalue weighted by atomic mass is 9.76. The third-order valence-electron chi connectivity index (χ3n) is 4.32. The highest BCUT2D eigenvalue weighted by atomic mass is 14.8. The maximum atomic E-state index is 6.19. The average Bonchev–Trinajstić information content (AvgIpc) is 2.45. The number of hydrogen-bond acceptors (Lipinski definition) is 1. The van der Waals surface area contributed by atoms with Gasteiger partial charge in [0.1, 0.15) is 0 Å². The van der Waals surface area contributed by atoms with Gasteiger partial charge in [-0.3, -0.25) is 0 Å². The Hall–Kier alpha value is -0.0400. The molecular weight excluding hydrogens is 146 g/mol. The van der Waals surface area contributed by atoms with Crippen LogP contribution < -0.4 is 5.73 Å². The second-order valence-corrected chi connectivity index (χ2v) is 5.52. The third kappa shape index (κ3) is 1.10. The van der Waals surface area contributed by atoms with E-state index >= 15 is 0 Å². The molecule has 12 heavy (non-hydrogen) atoms. The van der Waals surface area contributed by atoms with Crippen LogP contribution in [0.2, 0.25) is 0 Å². The third-order valence-corrected chi connectivity index (χ3v) is 4.32. The summed E-state index contributed by atoms with van der Waals surface area (Å²) in [5.74, 6) is 3.70. The first kappa shape index (κ1) is 8.55. The molecule has 3 unspecified atom stereocenters. The van der Waals surface area contributed by atoms with Gasteiger partial charge in [-0.15, -0.1) is 0 Å². The molecule has 0 heterocycles. The highest BCUT2D eigenvalue weighted by molar-refractivity contribution is 5.01. The van der Waals surface area contributed by atoms with E-state index in [0.717, 1.165) is 23.7 Å². The van der Waals surface area contributed by atoms with Crippen molar-refractivity contribution in [2.24, 2.45) is 29.4 Å². The van der Waals surface area contributed by atoms with E-state index in [0.29, 0.717) is 0 Å². The molecule has 0 saturated heterocycles. The van der Waals surface area contributed by atoms with Crippen LogP contribution in [-0.4, -0.2) is 5.54 Å². The van der Waals surface area contributed by atoms with Gasteiger partial charge in [0.25, 0.3) is 0 Å². The summed E-state index contributed by atoms with van der Waals surface area (Å²) in [5.41, 5.74) is 6.25. The van der Waals surface area contributed by atoms with Crippen molar-refractivity contribution in [2.75, 3.05) is 0 Å². The van der Waals surface area contributed by atoms with Crippen LogP contribution >= 0.6 is 0 Å². The Morgan fingerprint density at radius 2 is 1.92 bits per heavy atom. The van der Waals surface area contributed by atoms with Crippen LogP contribution in [-0.2, 0) is 0 Å². The lowest BCUT2D eigenvalue weighted by Gasteiger charge is -2.34. The van der Waals surface area contributed by atoms with Crippen molar-refractivity contribution in [2.45, 2.75) is 45.6 Å². The minimum Gasteiger partial charge on any atom is -0.325 e. The minimum absolute atomic E-state index is 0.0636. The largest absolute Gasteiger partial charge is 0.325 e. The Kier molecular flexibility index (Phi) is 1.76. The zero-order chi connectivity index (χ0) is 8.93. The SMILES string of the molecule is C[C@H]1C2CCC1C(C(C)(C)N)C2. The summed E-state index contributed by atoms with van der Waals surface area (Å²) in [7, 11) is 0. The van der Waals surface area contributed by atoms with E-state index in [4.69, 9.17) is 5.73 Å². The topological polar surface area (TPSA) is 26.0 Å². The van der Waals surface area contributed by atoms with Crippen molar-refractivity contribution < 1.29 is 0 Å². The second kappa shape index (κ2) is 2.47. The van der Waals surface area contributed by atoms with Gasteiger partial charge in [0.05, 0.1) is 0 Å². The van der Waals surface area contributed by atoms with Crippen molar-refractivity contribution in [3.63, 3.8) is 0 Å². The van der Waals surface area contributed by atoms with E-state index in [1.165, 1.54) is 19.3 Å². The molecule has 4 atom stereocenters. The Morgan fingerprint density at radius 3 is 2.17 bits per heavy atom. The molecule has 2 aliphatic carbocycles. The molecule has 2 rings (SSSR count). The summed E-state index contributed by atoms with van der Waals surface area (Å²) >= 11 is 0. The normalized spacial score (nSPS) is 47.0. The molecule has 1 nitrogen and oxygen atoms in total. The molecule has 0 aromatic carbocycles. The monoisotopic (exact) mass is 167 g/mol. The fourth-order valence-corrected chi connectivity index (χ4v) is 3.54. The predicted octanol–water partition coefficient (Wildman–Crippen LogP) is 2.41. The van der Waals surface area contributed by atoms with Gasteiger partial charge in [-0.2, -0.15) is 0 Å². The molecule has 0 radical (unpaired) electrons. The molecule has 2 N–H and O–H groups in total. The van der Waals surface area contributed by atoms with Gasteiger partial charge in [-0.05, 0) is 56.8 Å². The van der Waals surface area contributed by atoms with E-state index < -0.39 is 0 Å². The standard InChI is InChI=1S/C11H21N/c1-7-8-4-5-9(7)10(6-8)11(2,3)12/h7-10H,4-6,12H2,1-3H3/t7-,8?,9?,10?/m0/s1. The van der Waals surface area contributed by atoms with E-state index in [-0.39, 0.29) is 5.54 Å². The van der Waals surface area contributed by atoms with E-state index in [9.17, 15) is 0 Å². The molecule has 2 bridgehead atoms. The molecular formula is C11H21N. The molecule has 1 heteroatoms. The first-order valence-corrected chi connectivity index (χ1v) is 5.29. The summed E-state index contributed by atoms with van der Waals surface area (Å²) in [6, 6.07) is 0. The van der Waals surface area contributed by atoms with Crippen LogP contribution in [0.15, 0.2) is 0 Å². The van der Waals surface area contributed by atoms with Crippen LogP contribution in [0.4, 0.5) is 0 Å². The summed E-state index contributed by atoms with van der Waals surface area (Å²) in [6.45, 7) is 6.82. The van der Waals surface area contributed by atoms with Gasteiger partial charge in [-0.1, -0.05) is 6.92 Å². The lowest BCUT2D eigenvalue weighted by Crippen LogP contribution is -2.43. The van der Waals surface area contributed by atoms with Gasteiger partial charge in [0, 0.05) is 5.54 Å². The average molecular weight is 167 g/mol. The first-order valence-electron chi connectivity index (χ1n) is 5.29. The van der Waals surface area contributed by atoms with E-state index in [1.807, 2.05) is 0 Å². The van der Waals surface area contributed by atoms with Gasteiger partial charge in [0.15, 0.2) is 0 Å². The van der Waals surface area contributed by atoms with Crippen molar-refractivity contribution >= 4 is 0 Å². The van der Waals surface area contributed by atoms with Gasteiger partial charge in [-0.25, -0.2) is 0 Å². The summed E-state index contributed by atoms with van der Waals surface area (Å²) in [5, 5.41) is 0. The number of fused-ring (bicyclic) bond motifs is 2. The van der Waals surface area contributed by atoms with E-state index in [1.54, 1.807) is 0 Å². The van der Waals surface area contributed by atoms with Crippen LogP contribution in [0.5, 0.6) is 0 Å². The molecule has 2 aliphatic rings. The second-order valence-electron chi connectivity index (χ2n) is 5.52. The zero-order valence-corrected chi connectivity index (χ0v) is 8.51. The van der Waals surface area contributed by atoms with Crippen LogP contribution in [0.25, 0.3) is 0 Å². The van der Waals surface area contributed by atoms with Crippen molar-refractivity contribution in [1.82, 2.24) is 0 Å². The highest BCUT2D eigenvalue weighted by Crippen LogP contribution is 2.54. The Balaban J connectivity index is 2.14. The number of nitrogens with two attached hydrogens (primary N) is 1. The quantitative estimate of drug-likeness (QED) is 0.637. The fraction of sp³-hybridized carbons (Fsp3) is 1.00. The minimum atomic E-state index is 0.0636. The van der Waals surface area contributed by atoms with Crippen molar-refractivity contribution in [3.05, 3.63) is 0 Å². The molecule has 2 saturated carbocycles. The lowest BCUT2D eigenvalue weighted by molar-refractivity contribution is 0.211. The fourth-order valence-electron chi connectivity index (χ4n) is 3.54. The molecule has 70 valence electrons. The molecule has 0 aromatic rings. The smallest absolute Gasteiger partial charge is 0.0128 e. The Labute approximate surface area is 75.7 Å². The highest BCUT2D eigenvalue weighted by Gasteiger charge is 2.49. The molecule has 0 amide bonds. The van der Waals surface area contributed by atoms with Crippen LogP contribution in [0.1, 0.15) is 40.0 Å². The van der Waals surface area contributed by atoms with Gasteiger partial charge in [0.2, 0.25) is 0 Å². The Morgan fingerprint density at radius 1 is 1.25 bits per heavy atom. The van der Waals surface area contributed by atoms with Crippen LogP contribution in [0, 0.1) is 23.7 Å². The summed E-state index contributed by atoms with van der Waals surface area (Å²) in [6.07, 6.45) is 4.31. The Bertz CT molecular complexity index is 180. The number of hydrogen-bond donors (Lipinski definition) is 1. The maximum absolute atomic E-state index is 6.19. The molecule has 2 fully saturated rings. The van der Waals surface area contributed by atoms with Crippen molar-refractivity contribution in [3.8, 4) is 0 Å². The van der Waals surface area contributed by atoms with Crippen LogP contribution in [0.3, 0.4) is 0 Å². The first-order chi connectivity index (χ1) is 5.50. The van der Waals surface area contributed by atoms with Gasteiger partial charge < -0.3 is 5.73 Å². The summed E-state index contributed by atoms with van der Waals surface area (Å²) < 4.78 is 0.